The number of rotatable bonds is 7. The number of nitrogens with zero attached hydrogens (tertiary/aromatic N) is 3. The first kappa shape index (κ1) is 18.8. The van der Waals surface area contributed by atoms with Crippen LogP contribution in [0.3, 0.4) is 0 Å². The van der Waals surface area contributed by atoms with Gasteiger partial charge in [0.25, 0.3) is 0 Å². The first-order valence-electron chi connectivity index (χ1n) is 9.72. The molecule has 0 bridgehead atoms. The van der Waals surface area contributed by atoms with Crippen LogP contribution in [0.15, 0.2) is 24.3 Å². The first-order chi connectivity index (χ1) is 13.4. The lowest BCUT2D eigenvalue weighted by Crippen LogP contribution is -2.40. The summed E-state index contributed by atoms with van der Waals surface area (Å²) >= 11 is 0. The largest absolute Gasteiger partial charge is 0.454 e. The average Bonchev–Trinajstić information content (AvgIpc) is 3.10. The summed E-state index contributed by atoms with van der Waals surface area (Å²) in [5, 5.41) is 7.76. The molecule has 0 unspecified atom stereocenters. The second kappa shape index (κ2) is 7.13. The topological polar surface area (TPSA) is 68.6 Å². The molecule has 150 valence electrons. The number of nitrogens with one attached hydrogen (secondary N) is 1. The van der Waals surface area contributed by atoms with Gasteiger partial charge in [0.15, 0.2) is 11.5 Å². The summed E-state index contributed by atoms with van der Waals surface area (Å²) in [6.07, 6.45) is 2.23. The molecule has 1 amide bonds. The van der Waals surface area contributed by atoms with Gasteiger partial charge in [-0.05, 0) is 64.5 Å². The Labute approximate surface area is 165 Å². The Morgan fingerprint density at radius 1 is 1.25 bits per heavy atom. The van der Waals surface area contributed by atoms with E-state index in [0.717, 1.165) is 36.4 Å². The van der Waals surface area contributed by atoms with Crippen LogP contribution in [0.5, 0.6) is 11.5 Å². The number of aromatic nitrogens is 2. The highest BCUT2D eigenvalue weighted by atomic mass is 16.7. The van der Waals surface area contributed by atoms with Crippen molar-refractivity contribution in [3.63, 3.8) is 0 Å². The van der Waals surface area contributed by atoms with E-state index in [-0.39, 0.29) is 24.2 Å². The molecule has 28 heavy (non-hydrogen) atoms. The summed E-state index contributed by atoms with van der Waals surface area (Å²) in [6.45, 7) is 5.84. The van der Waals surface area contributed by atoms with Gasteiger partial charge >= 0.3 is 0 Å². The molecule has 1 aromatic heterocycles. The van der Waals surface area contributed by atoms with E-state index in [4.69, 9.17) is 9.47 Å². The number of hydrogen-bond donors (Lipinski definition) is 1. The normalized spacial score (nSPS) is 17.6. The third kappa shape index (κ3) is 3.71. The minimum Gasteiger partial charge on any atom is -0.454 e. The number of amides is 1. The highest BCUT2D eigenvalue weighted by Gasteiger charge is 2.44. The predicted octanol–water partition coefficient (Wildman–Crippen LogP) is 2.43. The van der Waals surface area contributed by atoms with E-state index in [1.165, 1.54) is 5.69 Å². The van der Waals surface area contributed by atoms with Gasteiger partial charge in [-0.3, -0.25) is 14.4 Å². The summed E-state index contributed by atoms with van der Waals surface area (Å²) in [5.41, 5.74) is 3.22. The molecule has 1 aromatic carbocycles. The van der Waals surface area contributed by atoms with Crippen molar-refractivity contribution in [1.82, 2.24) is 20.0 Å². The van der Waals surface area contributed by atoms with Crippen molar-refractivity contribution in [2.24, 2.45) is 5.41 Å². The van der Waals surface area contributed by atoms with Crippen LogP contribution in [0.2, 0.25) is 0 Å². The lowest BCUT2D eigenvalue weighted by Gasteiger charge is -2.25. The maximum Gasteiger partial charge on any atom is 0.241 e. The van der Waals surface area contributed by atoms with Crippen LogP contribution in [-0.4, -0.2) is 48.0 Å². The summed E-state index contributed by atoms with van der Waals surface area (Å²) in [7, 11) is 3.83. The molecular formula is C21H28N4O3. The van der Waals surface area contributed by atoms with Crippen LogP contribution in [0.25, 0.3) is 0 Å². The number of hydrogen-bond acceptors (Lipinski definition) is 5. The zero-order valence-electron chi connectivity index (χ0n) is 17.0. The Bertz CT molecular complexity index is 886. The molecule has 0 saturated heterocycles. The number of carbonyl (C=O) groups is 1. The van der Waals surface area contributed by atoms with Crippen molar-refractivity contribution < 1.29 is 14.3 Å². The Hall–Kier alpha value is -2.54. The Kier molecular flexibility index (Phi) is 4.79. The fraction of sp³-hybridized carbons (Fsp3) is 0.524. The van der Waals surface area contributed by atoms with Gasteiger partial charge in [0, 0.05) is 24.2 Å². The van der Waals surface area contributed by atoms with E-state index < -0.39 is 0 Å². The highest BCUT2D eigenvalue weighted by molar-refractivity contribution is 5.83. The quantitative estimate of drug-likeness (QED) is 0.794. The van der Waals surface area contributed by atoms with Gasteiger partial charge in [-0.15, -0.1) is 0 Å². The molecule has 4 rings (SSSR count). The second-order valence-electron chi connectivity index (χ2n) is 8.28. The number of fused-ring (bicyclic) bond motifs is 1. The highest BCUT2D eigenvalue weighted by Crippen LogP contribution is 2.46. The minimum absolute atomic E-state index is 0.00325. The zero-order valence-corrected chi connectivity index (χ0v) is 17.0. The van der Waals surface area contributed by atoms with Crippen molar-refractivity contribution in [2.45, 2.75) is 39.3 Å². The van der Waals surface area contributed by atoms with Crippen molar-refractivity contribution >= 4 is 5.91 Å². The van der Waals surface area contributed by atoms with Crippen LogP contribution in [0.1, 0.15) is 35.8 Å². The molecule has 1 aliphatic heterocycles. The van der Waals surface area contributed by atoms with E-state index in [0.29, 0.717) is 12.3 Å². The van der Waals surface area contributed by atoms with Crippen LogP contribution < -0.4 is 14.8 Å². The molecule has 0 spiro atoms. The van der Waals surface area contributed by atoms with E-state index in [1.54, 1.807) is 0 Å². The maximum absolute atomic E-state index is 13.0. The number of aryl methyl sites for hydroxylation is 2. The molecule has 0 radical (unpaired) electrons. The van der Waals surface area contributed by atoms with Crippen LogP contribution in [-0.2, 0) is 11.3 Å². The number of carbonyl (C=O) groups excluding carboxylic acids is 1. The second-order valence-corrected chi connectivity index (χ2v) is 8.28. The molecule has 2 aliphatic rings. The Balaban J connectivity index is 1.43. The fourth-order valence-electron chi connectivity index (χ4n) is 3.86. The van der Waals surface area contributed by atoms with E-state index >= 15 is 0 Å². The van der Waals surface area contributed by atoms with Crippen molar-refractivity contribution in [3.8, 4) is 11.5 Å². The van der Waals surface area contributed by atoms with E-state index in [9.17, 15) is 4.79 Å². The molecule has 1 fully saturated rings. The summed E-state index contributed by atoms with van der Waals surface area (Å²) < 4.78 is 12.9. The maximum atomic E-state index is 13.0. The average molecular weight is 384 g/mol. The van der Waals surface area contributed by atoms with E-state index in [2.05, 4.69) is 28.1 Å². The van der Waals surface area contributed by atoms with Crippen molar-refractivity contribution in [3.05, 3.63) is 41.2 Å². The van der Waals surface area contributed by atoms with Gasteiger partial charge in [0.2, 0.25) is 12.7 Å². The van der Waals surface area contributed by atoms with Crippen LogP contribution >= 0.6 is 0 Å². The summed E-state index contributed by atoms with van der Waals surface area (Å²) in [5.74, 6) is 1.42. The summed E-state index contributed by atoms with van der Waals surface area (Å²) in [4.78, 5) is 15.0. The van der Waals surface area contributed by atoms with E-state index in [1.807, 2.05) is 44.1 Å². The smallest absolute Gasteiger partial charge is 0.241 e. The minimum atomic E-state index is -0.376. The number of benzene rings is 1. The van der Waals surface area contributed by atoms with Gasteiger partial charge < -0.3 is 14.8 Å². The molecular weight excluding hydrogens is 356 g/mol. The molecule has 7 nitrogen and oxygen atoms in total. The van der Waals surface area contributed by atoms with Crippen molar-refractivity contribution in [2.75, 3.05) is 27.4 Å². The molecule has 7 heteroatoms. The molecule has 1 N–H and O–H groups in total. The molecule has 2 heterocycles. The SMILES string of the molecule is Cc1cc(C)n(CC2(CNC(=O)[C@H](c3ccc4c(c3)OCO4)N(C)C)CC2)n1. The predicted molar refractivity (Wildman–Crippen MR) is 105 cm³/mol. The van der Waals surface area contributed by atoms with Crippen LogP contribution in [0, 0.1) is 19.3 Å². The number of ether oxygens (including phenoxy) is 2. The molecule has 1 saturated carbocycles. The molecule has 1 aliphatic carbocycles. The third-order valence-corrected chi connectivity index (χ3v) is 5.66. The lowest BCUT2D eigenvalue weighted by atomic mass is 10.0. The van der Waals surface area contributed by atoms with Crippen LogP contribution in [0.4, 0.5) is 0 Å². The van der Waals surface area contributed by atoms with Gasteiger partial charge in [-0.1, -0.05) is 6.07 Å². The monoisotopic (exact) mass is 384 g/mol. The molecule has 1 atom stereocenters. The Morgan fingerprint density at radius 2 is 2.00 bits per heavy atom. The first-order valence-corrected chi connectivity index (χ1v) is 9.72. The third-order valence-electron chi connectivity index (χ3n) is 5.66. The fourth-order valence-corrected chi connectivity index (χ4v) is 3.86. The van der Waals surface area contributed by atoms with Gasteiger partial charge in [0.05, 0.1) is 5.69 Å². The van der Waals surface area contributed by atoms with Gasteiger partial charge in [0.1, 0.15) is 6.04 Å². The standard InChI is InChI=1S/C21H28N4O3/c1-14-9-15(2)25(23-14)12-21(7-8-21)11-22-20(26)19(24(3)4)16-5-6-17-18(10-16)28-13-27-17/h5-6,9-10,19H,7-8,11-13H2,1-4H3,(H,22,26)/t19-/m0/s1. The molecule has 2 aromatic rings. The van der Waals surface area contributed by atoms with Gasteiger partial charge in [-0.25, -0.2) is 0 Å². The summed E-state index contributed by atoms with van der Waals surface area (Å²) in [6, 6.07) is 7.41. The Morgan fingerprint density at radius 3 is 2.64 bits per heavy atom. The lowest BCUT2D eigenvalue weighted by molar-refractivity contribution is -0.126. The van der Waals surface area contributed by atoms with Gasteiger partial charge in [-0.2, -0.15) is 5.10 Å². The zero-order chi connectivity index (χ0) is 19.9. The van der Waals surface area contributed by atoms with Crippen molar-refractivity contribution in [1.29, 1.82) is 0 Å². The number of likely N-dealkylation sites (N-methyl/N-ethyl adjacent to an activating group) is 1.